The average Bonchev–Trinajstić information content (AvgIpc) is 2.53. The molecule has 0 amide bonds. The first kappa shape index (κ1) is 17.9. The van der Waals surface area contributed by atoms with Gasteiger partial charge in [-0.1, -0.05) is 50.3 Å². The number of hydrogen-bond donors (Lipinski definition) is 1. The minimum atomic E-state index is 0.596. The Morgan fingerprint density at radius 3 is 2.10 bits per heavy atom. The van der Waals surface area contributed by atoms with Crippen molar-refractivity contribution < 1.29 is 0 Å². The van der Waals surface area contributed by atoms with Gasteiger partial charge in [-0.2, -0.15) is 17.9 Å². The fraction of sp³-hybridized carbons (Fsp3) is 0.611. The summed E-state index contributed by atoms with van der Waals surface area (Å²) in [5.74, 6) is 1.02. The zero-order valence-corrected chi connectivity index (χ0v) is 13.9. The van der Waals surface area contributed by atoms with Crippen molar-refractivity contribution >= 4 is 18.3 Å². The van der Waals surface area contributed by atoms with Crippen LogP contribution in [0.2, 0.25) is 0 Å². The zero-order chi connectivity index (χ0) is 15.2. The second-order valence-corrected chi connectivity index (χ2v) is 5.88. The van der Waals surface area contributed by atoms with Crippen LogP contribution in [0.25, 0.3) is 0 Å². The summed E-state index contributed by atoms with van der Waals surface area (Å²) in [6, 6.07) is 12.7. The highest BCUT2D eigenvalue weighted by molar-refractivity contribution is 7.80. The topological polar surface area (TPSA) is 27.0 Å². The van der Waals surface area contributed by atoms with Crippen LogP contribution in [-0.4, -0.2) is 18.8 Å². The van der Waals surface area contributed by atoms with Gasteiger partial charge in [0.15, 0.2) is 0 Å². The fourth-order valence-electron chi connectivity index (χ4n) is 2.49. The molecule has 3 heteroatoms. The third-order valence-electron chi connectivity index (χ3n) is 3.70. The van der Waals surface area contributed by atoms with Crippen LogP contribution in [0.15, 0.2) is 30.3 Å². The number of unbranched alkanes of at least 4 members (excludes halogenated alkanes) is 6. The first-order valence-corrected chi connectivity index (χ1v) is 8.79. The zero-order valence-electron chi connectivity index (χ0n) is 13.0. The summed E-state index contributed by atoms with van der Waals surface area (Å²) in [5, 5.41) is 8.79. The van der Waals surface area contributed by atoms with Crippen LogP contribution in [0.5, 0.6) is 0 Å². The molecule has 0 saturated carbocycles. The lowest BCUT2D eigenvalue weighted by atomic mass is 10.1. The van der Waals surface area contributed by atoms with Crippen LogP contribution >= 0.6 is 12.6 Å². The number of rotatable bonds is 12. The third-order valence-corrected chi connectivity index (χ3v) is 4.02. The molecule has 0 aliphatic rings. The monoisotopic (exact) mass is 304 g/mol. The van der Waals surface area contributed by atoms with E-state index in [4.69, 9.17) is 5.26 Å². The minimum absolute atomic E-state index is 0.596. The third kappa shape index (κ3) is 8.67. The van der Waals surface area contributed by atoms with Crippen molar-refractivity contribution in [3.63, 3.8) is 0 Å². The molecule has 0 saturated heterocycles. The van der Waals surface area contributed by atoms with Crippen LogP contribution in [0.1, 0.15) is 51.4 Å². The molecule has 0 fully saturated rings. The van der Waals surface area contributed by atoms with Crippen molar-refractivity contribution in [2.45, 2.75) is 51.4 Å². The molecule has 0 aliphatic carbocycles. The van der Waals surface area contributed by atoms with Crippen molar-refractivity contribution in [3.05, 3.63) is 30.3 Å². The largest absolute Gasteiger partial charge is 0.371 e. The van der Waals surface area contributed by atoms with E-state index >= 15 is 0 Å². The molecule has 21 heavy (non-hydrogen) atoms. The maximum absolute atomic E-state index is 8.79. The molecule has 0 heterocycles. The van der Waals surface area contributed by atoms with Gasteiger partial charge in [0.1, 0.15) is 0 Å². The van der Waals surface area contributed by atoms with Gasteiger partial charge in [-0.15, -0.1) is 0 Å². The van der Waals surface area contributed by atoms with E-state index < -0.39 is 0 Å². The number of anilines is 1. The molecule has 0 spiro atoms. The molecule has 0 bridgehead atoms. The molecule has 0 unspecified atom stereocenters. The molecule has 0 radical (unpaired) electrons. The Kier molecular flexibility index (Phi) is 10.7. The number of nitriles is 1. The lowest BCUT2D eigenvalue weighted by Crippen LogP contribution is -2.25. The lowest BCUT2D eigenvalue weighted by molar-refractivity contribution is 0.585. The lowest BCUT2D eigenvalue weighted by Gasteiger charge is -2.23. The molecule has 0 aromatic heterocycles. The van der Waals surface area contributed by atoms with Gasteiger partial charge >= 0.3 is 0 Å². The molecule has 0 atom stereocenters. The van der Waals surface area contributed by atoms with Gasteiger partial charge in [-0.25, -0.2) is 0 Å². The van der Waals surface area contributed by atoms with Gasteiger partial charge in [0.25, 0.3) is 0 Å². The number of nitrogens with zero attached hydrogens (tertiary/aromatic N) is 2. The first-order valence-electron chi connectivity index (χ1n) is 8.16. The number of thiol groups is 1. The van der Waals surface area contributed by atoms with E-state index in [1.165, 1.54) is 50.6 Å². The highest BCUT2D eigenvalue weighted by atomic mass is 32.1. The second-order valence-electron chi connectivity index (χ2n) is 5.43. The minimum Gasteiger partial charge on any atom is -0.371 e. The molecule has 116 valence electrons. The predicted molar refractivity (Wildman–Crippen MR) is 95.1 cm³/mol. The molecule has 0 aliphatic heterocycles. The maximum atomic E-state index is 8.79. The number of benzene rings is 1. The molecule has 1 aromatic carbocycles. The van der Waals surface area contributed by atoms with E-state index in [9.17, 15) is 0 Å². The van der Waals surface area contributed by atoms with Crippen LogP contribution in [0, 0.1) is 11.3 Å². The van der Waals surface area contributed by atoms with E-state index in [0.717, 1.165) is 18.8 Å². The Morgan fingerprint density at radius 2 is 1.48 bits per heavy atom. The van der Waals surface area contributed by atoms with Gasteiger partial charge < -0.3 is 4.90 Å². The first-order chi connectivity index (χ1) is 10.4. The van der Waals surface area contributed by atoms with Gasteiger partial charge in [0.2, 0.25) is 0 Å². The summed E-state index contributed by atoms with van der Waals surface area (Å²) in [4.78, 5) is 2.34. The maximum Gasteiger partial charge on any atom is 0.0640 e. The van der Waals surface area contributed by atoms with E-state index in [-0.39, 0.29) is 0 Å². The summed E-state index contributed by atoms with van der Waals surface area (Å²) in [5.41, 5.74) is 1.24. The number of hydrogen-bond acceptors (Lipinski definition) is 3. The van der Waals surface area contributed by atoms with Crippen molar-refractivity contribution in [2.75, 3.05) is 23.7 Å². The normalized spacial score (nSPS) is 10.3. The molecule has 1 aromatic rings. The molecule has 0 N–H and O–H groups in total. The average molecular weight is 305 g/mol. The smallest absolute Gasteiger partial charge is 0.0640 e. The van der Waals surface area contributed by atoms with Crippen molar-refractivity contribution in [1.82, 2.24) is 0 Å². The van der Waals surface area contributed by atoms with Gasteiger partial charge in [-0.3, -0.25) is 0 Å². The van der Waals surface area contributed by atoms with Gasteiger partial charge in [0.05, 0.1) is 12.5 Å². The molecular formula is C18H28N2S. The number of para-hydroxylation sites is 1. The summed E-state index contributed by atoms with van der Waals surface area (Å²) >= 11 is 4.24. The van der Waals surface area contributed by atoms with E-state index in [1.807, 2.05) is 6.07 Å². The Labute approximate surface area is 135 Å². The Balaban J connectivity index is 2.20. The van der Waals surface area contributed by atoms with Crippen LogP contribution in [0.4, 0.5) is 5.69 Å². The van der Waals surface area contributed by atoms with Crippen molar-refractivity contribution in [3.8, 4) is 6.07 Å². The second kappa shape index (κ2) is 12.6. The van der Waals surface area contributed by atoms with Crippen LogP contribution in [-0.2, 0) is 0 Å². The van der Waals surface area contributed by atoms with Crippen molar-refractivity contribution in [1.29, 1.82) is 5.26 Å². The van der Waals surface area contributed by atoms with Crippen LogP contribution < -0.4 is 4.90 Å². The van der Waals surface area contributed by atoms with Gasteiger partial charge in [0, 0.05) is 18.8 Å². The Hall–Kier alpha value is -1.14. The summed E-state index contributed by atoms with van der Waals surface area (Å²) in [6.07, 6.45) is 9.69. The standard InChI is InChI=1S/C18H28N2S/c19-14-11-16-20(18-12-7-6-8-13-18)15-9-4-2-1-3-5-10-17-21/h6-8,12-13,21H,1-5,9-11,15-17H2. The van der Waals surface area contributed by atoms with E-state index in [0.29, 0.717) is 6.42 Å². The quantitative estimate of drug-likeness (QED) is 0.431. The summed E-state index contributed by atoms with van der Waals surface area (Å²) in [7, 11) is 0. The highest BCUT2D eigenvalue weighted by Gasteiger charge is 2.05. The van der Waals surface area contributed by atoms with E-state index in [2.05, 4.69) is 47.9 Å². The van der Waals surface area contributed by atoms with Gasteiger partial charge in [-0.05, 0) is 30.7 Å². The molecule has 1 rings (SSSR count). The SMILES string of the molecule is N#CCCN(CCCCCCCCCS)c1ccccc1. The predicted octanol–water partition coefficient (Wildman–Crippen LogP) is 5.07. The van der Waals surface area contributed by atoms with E-state index in [1.54, 1.807) is 0 Å². The fourth-order valence-corrected chi connectivity index (χ4v) is 2.72. The Morgan fingerprint density at radius 1 is 0.857 bits per heavy atom. The summed E-state index contributed by atoms with van der Waals surface area (Å²) < 4.78 is 0. The van der Waals surface area contributed by atoms with Crippen molar-refractivity contribution in [2.24, 2.45) is 0 Å². The van der Waals surface area contributed by atoms with Crippen LogP contribution in [0.3, 0.4) is 0 Å². The molecular weight excluding hydrogens is 276 g/mol. The molecule has 2 nitrogen and oxygen atoms in total. The summed E-state index contributed by atoms with van der Waals surface area (Å²) in [6.45, 7) is 1.89. The highest BCUT2D eigenvalue weighted by Crippen LogP contribution is 2.15. The Bertz CT molecular complexity index is 386.